The van der Waals surface area contributed by atoms with Gasteiger partial charge in [-0.1, -0.05) is 42.5 Å². The molecule has 0 atom stereocenters. The quantitative estimate of drug-likeness (QED) is 0.684. The number of anilines is 1. The molecule has 2 nitrogen and oxygen atoms in total. The first-order chi connectivity index (χ1) is 10.2. The predicted molar refractivity (Wildman–Crippen MR) is 98.7 cm³/mol. The molecular formula is C19H19ClN2. The van der Waals surface area contributed by atoms with E-state index in [2.05, 4.69) is 58.4 Å². The minimum absolute atomic E-state index is 0. The van der Waals surface area contributed by atoms with Crippen LogP contribution < -0.4 is 4.90 Å². The van der Waals surface area contributed by atoms with Crippen molar-refractivity contribution in [1.82, 2.24) is 4.98 Å². The summed E-state index contributed by atoms with van der Waals surface area (Å²) in [6.45, 7) is 0. The highest BCUT2D eigenvalue weighted by molar-refractivity contribution is 5.85. The Balaban J connectivity index is 0.00000176. The van der Waals surface area contributed by atoms with Gasteiger partial charge in [0.1, 0.15) is 0 Å². The standard InChI is InChI=1S/C19H18N2.ClH/c1-21(2)18-13-8-15(9-14-18)7-11-17-12-10-16-5-3-4-6-19(16)20-17;/h3-14H,1-2H3;1H. The molecule has 0 aliphatic carbocycles. The molecule has 0 fully saturated rings. The molecule has 1 aromatic heterocycles. The van der Waals surface area contributed by atoms with Crippen molar-refractivity contribution in [2.75, 3.05) is 19.0 Å². The number of hydrogen-bond acceptors (Lipinski definition) is 2. The van der Waals surface area contributed by atoms with Gasteiger partial charge in [0.05, 0.1) is 11.2 Å². The van der Waals surface area contributed by atoms with E-state index in [1.807, 2.05) is 38.4 Å². The predicted octanol–water partition coefficient (Wildman–Crippen LogP) is 4.89. The Labute approximate surface area is 137 Å². The lowest BCUT2D eigenvalue weighted by molar-refractivity contribution is 1.13. The third kappa shape index (κ3) is 3.66. The van der Waals surface area contributed by atoms with E-state index in [4.69, 9.17) is 0 Å². The molecule has 3 rings (SSSR count). The summed E-state index contributed by atoms with van der Waals surface area (Å²) in [4.78, 5) is 6.74. The van der Waals surface area contributed by atoms with Crippen molar-refractivity contribution in [3.8, 4) is 0 Å². The number of nitrogens with zero attached hydrogens (tertiary/aromatic N) is 2. The normalized spacial score (nSPS) is 10.6. The molecule has 0 amide bonds. The highest BCUT2D eigenvalue weighted by Crippen LogP contribution is 2.16. The SMILES string of the molecule is CN(C)c1ccc(C=Cc2ccc3ccccc3n2)cc1.Cl. The number of benzene rings is 2. The lowest BCUT2D eigenvalue weighted by Crippen LogP contribution is -2.07. The number of fused-ring (bicyclic) bond motifs is 1. The van der Waals surface area contributed by atoms with Gasteiger partial charge in [0.2, 0.25) is 0 Å². The fourth-order valence-corrected chi connectivity index (χ4v) is 2.24. The average molecular weight is 311 g/mol. The molecule has 1 heterocycles. The van der Waals surface area contributed by atoms with Crippen LogP contribution in [0.5, 0.6) is 0 Å². The fraction of sp³-hybridized carbons (Fsp3) is 0.105. The molecule has 0 saturated heterocycles. The first-order valence-corrected chi connectivity index (χ1v) is 7.04. The van der Waals surface area contributed by atoms with Crippen molar-refractivity contribution in [2.24, 2.45) is 0 Å². The van der Waals surface area contributed by atoms with Crippen LogP contribution in [0, 0.1) is 0 Å². The fourth-order valence-electron chi connectivity index (χ4n) is 2.24. The Morgan fingerprint density at radius 3 is 2.27 bits per heavy atom. The van der Waals surface area contributed by atoms with Gasteiger partial charge in [-0.15, -0.1) is 12.4 Å². The Bertz CT molecular complexity index is 777. The largest absolute Gasteiger partial charge is 0.378 e. The molecule has 0 spiro atoms. The third-order valence-electron chi connectivity index (χ3n) is 3.48. The first-order valence-electron chi connectivity index (χ1n) is 7.04. The zero-order chi connectivity index (χ0) is 14.7. The van der Waals surface area contributed by atoms with E-state index in [0.717, 1.165) is 11.2 Å². The molecule has 0 radical (unpaired) electrons. The maximum atomic E-state index is 4.64. The zero-order valence-electron chi connectivity index (χ0n) is 12.7. The molecule has 112 valence electrons. The van der Waals surface area contributed by atoms with Gasteiger partial charge in [0.25, 0.3) is 0 Å². The summed E-state index contributed by atoms with van der Waals surface area (Å²) in [6.07, 6.45) is 4.15. The Morgan fingerprint density at radius 1 is 0.818 bits per heavy atom. The topological polar surface area (TPSA) is 16.1 Å². The van der Waals surface area contributed by atoms with Crippen LogP contribution in [0.15, 0.2) is 60.7 Å². The van der Waals surface area contributed by atoms with E-state index in [1.165, 1.54) is 16.6 Å². The highest BCUT2D eigenvalue weighted by Gasteiger charge is 1.96. The van der Waals surface area contributed by atoms with E-state index in [9.17, 15) is 0 Å². The zero-order valence-corrected chi connectivity index (χ0v) is 13.5. The molecule has 0 unspecified atom stereocenters. The van der Waals surface area contributed by atoms with Crippen molar-refractivity contribution < 1.29 is 0 Å². The molecule has 0 bridgehead atoms. The van der Waals surface area contributed by atoms with Gasteiger partial charge in [0, 0.05) is 25.2 Å². The maximum Gasteiger partial charge on any atom is 0.0709 e. The first kappa shape index (κ1) is 16.1. The van der Waals surface area contributed by atoms with Gasteiger partial charge in [0.15, 0.2) is 0 Å². The number of para-hydroxylation sites is 1. The molecule has 3 aromatic rings. The van der Waals surface area contributed by atoms with E-state index >= 15 is 0 Å². The smallest absolute Gasteiger partial charge is 0.0709 e. The summed E-state index contributed by atoms with van der Waals surface area (Å²) in [5.41, 5.74) is 4.39. The van der Waals surface area contributed by atoms with Gasteiger partial charge in [-0.2, -0.15) is 0 Å². The van der Waals surface area contributed by atoms with Crippen molar-refractivity contribution in [3.63, 3.8) is 0 Å². The average Bonchev–Trinajstić information content (AvgIpc) is 2.53. The number of pyridine rings is 1. The highest BCUT2D eigenvalue weighted by atomic mass is 35.5. The summed E-state index contributed by atoms with van der Waals surface area (Å²) in [7, 11) is 4.09. The molecule has 0 aliphatic heterocycles. The monoisotopic (exact) mass is 310 g/mol. The summed E-state index contributed by atoms with van der Waals surface area (Å²) in [5.74, 6) is 0. The molecule has 0 N–H and O–H groups in total. The van der Waals surface area contributed by atoms with Crippen LogP contribution >= 0.6 is 12.4 Å². The number of aromatic nitrogens is 1. The van der Waals surface area contributed by atoms with Crippen LogP contribution in [0.4, 0.5) is 5.69 Å². The van der Waals surface area contributed by atoms with Gasteiger partial charge in [-0.25, -0.2) is 4.98 Å². The number of rotatable bonds is 3. The van der Waals surface area contributed by atoms with E-state index in [1.54, 1.807) is 0 Å². The van der Waals surface area contributed by atoms with Crippen LogP contribution in [-0.4, -0.2) is 19.1 Å². The van der Waals surface area contributed by atoms with Gasteiger partial charge < -0.3 is 4.90 Å². The van der Waals surface area contributed by atoms with Gasteiger partial charge in [-0.3, -0.25) is 0 Å². The number of hydrogen-bond donors (Lipinski definition) is 0. The van der Waals surface area contributed by atoms with Crippen LogP contribution in [0.25, 0.3) is 23.1 Å². The maximum absolute atomic E-state index is 4.64. The van der Waals surface area contributed by atoms with E-state index in [0.29, 0.717) is 0 Å². The van der Waals surface area contributed by atoms with Gasteiger partial charge >= 0.3 is 0 Å². The summed E-state index contributed by atoms with van der Waals surface area (Å²) in [5, 5.41) is 1.17. The molecule has 2 aromatic carbocycles. The van der Waals surface area contributed by atoms with Crippen molar-refractivity contribution in [1.29, 1.82) is 0 Å². The number of halogens is 1. The Hall–Kier alpha value is -2.32. The second kappa shape index (κ2) is 7.10. The van der Waals surface area contributed by atoms with Crippen LogP contribution in [0.3, 0.4) is 0 Å². The molecule has 0 aliphatic rings. The Morgan fingerprint density at radius 2 is 1.55 bits per heavy atom. The third-order valence-corrected chi connectivity index (χ3v) is 3.48. The van der Waals surface area contributed by atoms with E-state index in [-0.39, 0.29) is 12.4 Å². The lowest BCUT2D eigenvalue weighted by atomic mass is 10.1. The second-order valence-corrected chi connectivity index (χ2v) is 5.25. The van der Waals surface area contributed by atoms with Crippen molar-refractivity contribution in [2.45, 2.75) is 0 Å². The summed E-state index contributed by atoms with van der Waals surface area (Å²) < 4.78 is 0. The van der Waals surface area contributed by atoms with E-state index < -0.39 is 0 Å². The van der Waals surface area contributed by atoms with Crippen molar-refractivity contribution in [3.05, 3.63) is 71.9 Å². The molecule has 0 saturated carbocycles. The van der Waals surface area contributed by atoms with Crippen molar-refractivity contribution >= 4 is 41.1 Å². The summed E-state index contributed by atoms with van der Waals surface area (Å²) >= 11 is 0. The molecule has 22 heavy (non-hydrogen) atoms. The minimum atomic E-state index is 0. The second-order valence-electron chi connectivity index (χ2n) is 5.25. The summed E-state index contributed by atoms with van der Waals surface area (Å²) in [6, 6.07) is 20.8. The van der Waals surface area contributed by atoms with Crippen LogP contribution in [-0.2, 0) is 0 Å². The van der Waals surface area contributed by atoms with Gasteiger partial charge in [-0.05, 0) is 35.9 Å². The lowest BCUT2D eigenvalue weighted by Gasteiger charge is -2.11. The van der Waals surface area contributed by atoms with Crippen LogP contribution in [0.1, 0.15) is 11.3 Å². The van der Waals surface area contributed by atoms with Crippen LogP contribution in [0.2, 0.25) is 0 Å². The Kier molecular flexibility index (Phi) is 5.18. The molecular weight excluding hydrogens is 292 g/mol. The molecule has 3 heteroatoms. The minimum Gasteiger partial charge on any atom is -0.378 e.